The van der Waals surface area contributed by atoms with E-state index in [4.69, 9.17) is 14.2 Å². The van der Waals surface area contributed by atoms with Crippen molar-refractivity contribution in [1.29, 1.82) is 0 Å². The van der Waals surface area contributed by atoms with Crippen molar-refractivity contribution >= 4 is 11.7 Å². The van der Waals surface area contributed by atoms with Gasteiger partial charge in [-0.25, -0.2) is 14.8 Å². The minimum Gasteiger partial charge on any atom is -0.493 e. The number of aromatic nitrogens is 2. The van der Waals surface area contributed by atoms with Crippen LogP contribution in [0.2, 0.25) is 0 Å². The van der Waals surface area contributed by atoms with Crippen LogP contribution in [0.3, 0.4) is 0 Å². The lowest BCUT2D eigenvalue weighted by molar-refractivity contribution is 0.129. The minimum atomic E-state index is -0.237. The highest BCUT2D eigenvalue weighted by Gasteiger charge is 2.24. The molecule has 1 aliphatic carbocycles. The number of aryl methyl sites for hydroxylation is 2. The zero-order valence-corrected chi connectivity index (χ0v) is 17.3. The Labute approximate surface area is 171 Å². The fourth-order valence-electron chi connectivity index (χ4n) is 3.49. The molecule has 0 radical (unpaired) electrons. The molecule has 0 atom stereocenters. The molecule has 2 N–H and O–H groups in total. The van der Waals surface area contributed by atoms with Crippen molar-refractivity contribution in [3.05, 3.63) is 35.7 Å². The lowest BCUT2D eigenvalue weighted by Crippen LogP contribution is -2.41. The molecule has 156 valence electrons. The van der Waals surface area contributed by atoms with E-state index in [-0.39, 0.29) is 18.2 Å². The van der Waals surface area contributed by atoms with Crippen molar-refractivity contribution < 1.29 is 19.0 Å². The molecule has 0 bridgehead atoms. The summed E-state index contributed by atoms with van der Waals surface area (Å²) in [5.74, 6) is 1.18. The van der Waals surface area contributed by atoms with Gasteiger partial charge in [-0.3, -0.25) is 0 Å². The summed E-state index contributed by atoms with van der Waals surface area (Å²) < 4.78 is 16.4. The molecule has 1 aromatic heterocycles. The van der Waals surface area contributed by atoms with Gasteiger partial charge >= 0.3 is 12.0 Å². The van der Waals surface area contributed by atoms with E-state index in [2.05, 4.69) is 20.6 Å². The second kappa shape index (κ2) is 9.45. The Hall–Kier alpha value is -3.03. The van der Waals surface area contributed by atoms with Gasteiger partial charge in [-0.05, 0) is 57.7 Å². The van der Waals surface area contributed by atoms with Crippen molar-refractivity contribution in [3.8, 4) is 17.5 Å². The number of benzene rings is 1. The number of urea groups is 1. The maximum atomic E-state index is 12.3. The van der Waals surface area contributed by atoms with Gasteiger partial charge in [0.2, 0.25) is 0 Å². The van der Waals surface area contributed by atoms with Gasteiger partial charge in [-0.15, -0.1) is 0 Å². The predicted molar refractivity (Wildman–Crippen MR) is 110 cm³/mol. The Balaban J connectivity index is 1.47. The summed E-state index contributed by atoms with van der Waals surface area (Å²) in [6.45, 7) is 3.86. The first kappa shape index (κ1) is 20.7. The van der Waals surface area contributed by atoms with Crippen LogP contribution in [0.1, 0.15) is 37.1 Å². The molecule has 8 heteroatoms. The van der Waals surface area contributed by atoms with Crippen molar-refractivity contribution in [2.24, 2.45) is 0 Å². The largest absolute Gasteiger partial charge is 0.493 e. The van der Waals surface area contributed by atoms with Crippen LogP contribution in [0.15, 0.2) is 24.3 Å². The minimum absolute atomic E-state index is 0.0724. The molecule has 8 nitrogen and oxygen atoms in total. The molecular formula is C21H28N4O4. The SMILES string of the molecule is COc1ccc(NC(=O)NC2CCC(Oc3nc(C)cc(C)n3)CC2)cc1OC. The van der Waals surface area contributed by atoms with E-state index < -0.39 is 0 Å². The van der Waals surface area contributed by atoms with Crippen LogP contribution >= 0.6 is 0 Å². The lowest BCUT2D eigenvalue weighted by atomic mass is 9.93. The number of nitrogens with zero attached hydrogens (tertiary/aromatic N) is 2. The third kappa shape index (κ3) is 5.73. The molecule has 1 heterocycles. The number of ether oxygens (including phenoxy) is 3. The standard InChI is InChI=1S/C21H28N4O4/c1-13-11-14(2)23-21(22-13)29-17-8-5-15(6-9-17)24-20(26)25-16-7-10-18(27-3)19(12-16)28-4/h7,10-12,15,17H,5-6,8-9H2,1-4H3,(H2,24,25,26). The first-order valence-corrected chi connectivity index (χ1v) is 9.75. The van der Waals surface area contributed by atoms with Gasteiger partial charge in [0.05, 0.1) is 14.2 Å². The van der Waals surface area contributed by atoms with Crippen molar-refractivity contribution in [1.82, 2.24) is 15.3 Å². The molecule has 2 amide bonds. The number of hydrogen-bond acceptors (Lipinski definition) is 6. The van der Waals surface area contributed by atoms with Gasteiger partial charge in [-0.1, -0.05) is 0 Å². The van der Waals surface area contributed by atoms with Gasteiger partial charge in [0.15, 0.2) is 11.5 Å². The summed E-state index contributed by atoms with van der Waals surface area (Å²) >= 11 is 0. The molecule has 0 aliphatic heterocycles. The van der Waals surface area contributed by atoms with E-state index in [1.807, 2.05) is 19.9 Å². The average Bonchev–Trinajstić information content (AvgIpc) is 2.68. The summed E-state index contributed by atoms with van der Waals surface area (Å²) in [4.78, 5) is 21.0. The van der Waals surface area contributed by atoms with Crippen molar-refractivity contribution in [3.63, 3.8) is 0 Å². The van der Waals surface area contributed by atoms with Gasteiger partial charge in [0.1, 0.15) is 6.10 Å². The van der Waals surface area contributed by atoms with E-state index in [9.17, 15) is 4.79 Å². The van der Waals surface area contributed by atoms with Gasteiger partial charge < -0.3 is 24.8 Å². The number of methoxy groups -OCH3 is 2. The molecular weight excluding hydrogens is 372 g/mol. The van der Waals surface area contributed by atoms with E-state index in [0.29, 0.717) is 23.2 Å². The van der Waals surface area contributed by atoms with E-state index >= 15 is 0 Å². The summed E-state index contributed by atoms with van der Waals surface area (Å²) in [6, 6.07) is 7.48. The Kier molecular flexibility index (Phi) is 6.74. The van der Waals surface area contributed by atoms with Crippen LogP contribution < -0.4 is 24.8 Å². The topological polar surface area (TPSA) is 94.6 Å². The quantitative estimate of drug-likeness (QED) is 0.769. The maximum absolute atomic E-state index is 12.3. The Morgan fingerprint density at radius 2 is 1.62 bits per heavy atom. The van der Waals surface area contributed by atoms with Crippen LogP contribution in [-0.4, -0.2) is 42.4 Å². The molecule has 0 spiro atoms. The summed E-state index contributed by atoms with van der Waals surface area (Å²) in [5.41, 5.74) is 2.44. The van der Waals surface area contributed by atoms with E-state index in [1.165, 1.54) is 0 Å². The fourth-order valence-corrected chi connectivity index (χ4v) is 3.49. The number of amides is 2. The average molecular weight is 400 g/mol. The fraction of sp³-hybridized carbons (Fsp3) is 0.476. The number of anilines is 1. The monoisotopic (exact) mass is 400 g/mol. The Morgan fingerprint density at radius 3 is 2.24 bits per heavy atom. The zero-order valence-electron chi connectivity index (χ0n) is 17.3. The molecule has 1 saturated carbocycles. The van der Waals surface area contributed by atoms with Gasteiger partial charge in [0.25, 0.3) is 0 Å². The molecule has 2 aromatic rings. The number of rotatable bonds is 6. The zero-order chi connectivity index (χ0) is 20.8. The first-order chi connectivity index (χ1) is 14.0. The molecule has 3 rings (SSSR count). The molecule has 1 aromatic carbocycles. The van der Waals surface area contributed by atoms with E-state index in [0.717, 1.165) is 37.1 Å². The number of nitrogens with one attached hydrogen (secondary N) is 2. The Bertz CT molecular complexity index is 830. The molecule has 1 aliphatic rings. The van der Waals surface area contributed by atoms with Crippen LogP contribution in [0, 0.1) is 13.8 Å². The summed E-state index contributed by atoms with van der Waals surface area (Å²) in [7, 11) is 3.13. The highest BCUT2D eigenvalue weighted by Crippen LogP contribution is 2.29. The van der Waals surface area contributed by atoms with Crippen LogP contribution in [0.5, 0.6) is 17.5 Å². The smallest absolute Gasteiger partial charge is 0.319 e. The first-order valence-electron chi connectivity index (χ1n) is 9.75. The van der Waals surface area contributed by atoms with Crippen molar-refractivity contribution in [2.75, 3.05) is 19.5 Å². The summed E-state index contributed by atoms with van der Waals surface area (Å²) in [6.07, 6.45) is 3.45. The normalized spacial score (nSPS) is 18.6. The van der Waals surface area contributed by atoms with Crippen LogP contribution in [0.4, 0.5) is 10.5 Å². The van der Waals surface area contributed by atoms with Crippen LogP contribution in [-0.2, 0) is 0 Å². The number of carbonyl (C=O) groups excluding carboxylic acids is 1. The molecule has 0 saturated heterocycles. The third-order valence-electron chi connectivity index (χ3n) is 4.88. The molecule has 1 fully saturated rings. The van der Waals surface area contributed by atoms with Crippen LogP contribution in [0.25, 0.3) is 0 Å². The number of hydrogen-bond donors (Lipinski definition) is 2. The van der Waals surface area contributed by atoms with Gasteiger partial charge in [0, 0.05) is 29.2 Å². The highest BCUT2D eigenvalue weighted by molar-refractivity contribution is 5.89. The maximum Gasteiger partial charge on any atom is 0.319 e. The predicted octanol–water partition coefficient (Wildman–Crippen LogP) is 3.62. The molecule has 29 heavy (non-hydrogen) atoms. The second-order valence-electron chi connectivity index (χ2n) is 7.19. The van der Waals surface area contributed by atoms with Crippen molar-refractivity contribution in [2.45, 2.75) is 51.7 Å². The highest BCUT2D eigenvalue weighted by atomic mass is 16.5. The van der Waals surface area contributed by atoms with E-state index in [1.54, 1.807) is 32.4 Å². The Morgan fingerprint density at radius 1 is 0.966 bits per heavy atom. The molecule has 0 unspecified atom stereocenters. The van der Waals surface area contributed by atoms with Gasteiger partial charge in [-0.2, -0.15) is 0 Å². The third-order valence-corrected chi connectivity index (χ3v) is 4.88. The number of carbonyl (C=O) groups is 1. The lowest BCUT2D eigenvalue weighted by Gasteiger charge is -2.29. The summed E-state index contributed by atoms with van der Waals surface area (Å²) in [5, 5.41) is 5.87. The second-order valence-corrected chi connectivity index (χ2v) is 7.19.